The van der Waals surface area contributed by atoms with E-state index in [0.717, 1.165) is 6.07 Å². The van der Waals surface area contributed by atoms with Crippen molar-refractivity contribution in [3.05, 3.63) is 33.1 Å². The van der Waals surface area contributed by atoms with Crippen LogP contribution >= 0.6 is 11.8 Å². The van der Waals surface area contributed by atoms with Crippen LogP contribution in [0.2, 0.25) is 0 Å². The normalized spacial score (nSPS) is 16.9. The number of nitro benzene ring substituents is 1. The van der Waals surface area contributed by atoms with Gasteiger partial charge in [-0.3, -0.25) is 10.1 Å². The fraction of sp³-hybridized carbons (Fsp3) is 0.500. The van der Waals surface area contributed by atoms with Crippen LogP contribution in [0.15, 0.2) is 11.0 Å². The highest BCUT2D eigenvalue weighted by Gasteiger charge is 2.33. The van der Waals surface area contributed by atoms with Gasteiger partial charge in [-0.25, -0.2) is 8.42 Å². The van der Waals surface area contributed by atoms with Crippen LogP contribution in [0.4, 0.5) is 10.1 Å². The number of rotatable bonds is 3. The van der Waals surface area contributed by atoms with Gasteiger partial charge in [-0.15, -0.1) is 0 Å². The summed E-state index contributed by atoms with van der Waals surface area (Å²) in [5.74, 6) is 0.351. The van der Waals surface area contributed by atoms with Crippen molar-refractivity contribution in [1.29, 1.82) is 0 Å². The molecule has 0 spiro atoms. The van der Waals surface area contributed by atoms with E-state index < -0.39 is 26.5 Å². The topological polar surface area (TPSA) is 80.5 Å². The number of benzene rings is 1. The van der Waals surface area contributed by atoms with Crippen LogP contribution in [0, 0.1) is 29.8 Å². The molecule has 9 heteroatoms. The van der Waals surface area contributed by atoms with Crippen molar-refractivity contribution in [3.8, 4) is 0 Å². The Morgan fingerprint density at radius 1 is 1.33 bits per heavy atom. The van der Waals surface area contributed by atoms with Gasteiger partial charge in [0.1, 0.15) is 0 Å². The third-order valence-electron chi connectivity index (χ3n) is 3.37. The van der Waals surface area contributed by atoms with Crippen molar-refractivity contribution < 1.29 is 17.7 Å². The van der Waals surface area contributed by atoms with Crippen LogP contribution in [0.3, 0.4) is 0 Å². The summed E-state index contributed by atoms with van der Waals surface area (Å²) in [6, 6.07) is 0.913. The molecule has 1 heterocycles. The average molecular weight is 334 g/mol. The standard InChI is InChI=1S/C12H15FN2O4S2/c1-8-7-10(13)11(15(16)17)9(2)12(8)21(18,19)14-3-5-20-6-4-14/h7H,3-6H2,1-2H3. The highest BCUT2D eigenvalue weighted by atomic mass is 32.2. The molecule has 0 atom stereocenters. The Balaban J connectivity index is 2.62. The van der Waals surface area contributed by atoms with Crippen molar-refractivity contribution in [2.24, 2.45) is 0 Å². The van der Waals surface area contributed by atoms with Gasteiger partial charge in [0.05, 0.1) is 15.4 Å². The summed E-state index contributed by atoms with van der Waals surface area (Å²) >= 11 is 1.65. The van der Waals surface area contributed by atoms with Crippen molar-refractivity contribution in [2.45, 2.75) is 18.7 Å². The molecule has 0 amide bonds. The summed E-state index contributed by atoms with van der Waals surface area (Å²) in [5, 5.41) is 11.0. The van der Waals surface area contributed by atoms with Gasteiger partial charge in [0, 0.05) is 24.6 Å². The molecule has 0 bridgehead atoms. The zero-order valence-corrected chi connectivity index (χ0v) is 13.3. The Hall–Kier alpha value is -1.19. The molecule has 21 heavy (non-hydrogen) atoms. The predicted molar refractivity (Wildman–Crippen MR) is 78.6 cm³/mol. The van der Waals surface area contributed by atoms with Gasteiger partial charge in [-0.05, 0) is 25.5 Å². The van der Waals surface area contributed by atoms with Crippen molar-refractivity contribution in [3.63, 3.8) is 0 Å². The molecule has 0 aromatic heterocycles. The predicted octanol–water partition coefficient (Wildman–Crippen LogP) is 2.09. The molecular weight excluding hydrogens is 319 g/mol. The molecule has 0 radical (unpaired) electrons. The molecule has 0 aliphatic carbocycles. The SMILES string of the molecule is Cc1cc(F)c([N+](=O)[O-])c(C)c1S(=O)(=O)N1CCSCC1. The summed E-state index contributed by atoms with van der Waals surface area (Å²) in [7, 11) is -3.85. The zero-order chi connectivity index (χ0) is 15.8. The highest BCUT2D eigenvalue weighted by Crippen LogP contribution is 2.33. The first-order valence-corrected chi connectivity index (χ1v) is 8.88. The lowest BCUT2D eigenvalue weighted by atomic mass is 10.1. The Bertz CT molecular complexity index is 685. The molecule has 1 fully saturated rings. The smallest absolute Gasteiger partial charge is 0.258 e. The van der Waals surface area contributed by atoms with Crippen LogP contribution in [0.25, 0.3) is 0 Å². The van der Waals surface area contributed by atoms with Crippen molar-refractivity contribution in [1.82, 2.24) is 4.31 Å². The summed E-state index contributed by atoms with van der Waals surface area (Å²) < 4.78 is 40.4. The molecule has 116 valence electrons. The molecule has 1 aromatic carbocycles. The molecular formula is C12H15FN2O4S2. The molecule has 1 aromatic rings. The number of nitro groups is 1. The highest BCUT2D eigenvalue weighted by molar-refractivity contribution is 7.99. The fourth-order valence-corrected chi connectivity index (χ4v) is 5.45. The molecule has 1 aliphatic heterocycles. The lowest BCUT2D eigenvalue weighted by molar-refractivity contribution is -0.388. The van der Waals surface area contributed by atoms with E-state index in [1.807, 2.05) is 0 Å². The van der Waals surface area contributed by atoms with Crippen LogP contribution in [0.1, 0.15) is 11.1 Å². The first kappa shape index (κ1) is 16.2. The summed E-state index contributed by atoms with van der Waals surface area (Å²) in [4.78, 5) is 9.93. The summed E-state index contributed by atoms with van der Waals surface area (Å²) in [5.41, 5.74) is -0.727. The summed E-state index contributed by atoms with van der Waals surface area (Å²) in [6.07, 6.45) is 0. The van der Waals surface area contributed by atoms with Gasteiger partial charge in [-0.2, -0.15) is 20.5 Å². The Morgan fingerprint density at radius 2 is 1.90 bits per heavy atom. The van der Waals surface area contributed by atoms with E-state index >= 15 is 0 Å². The van der Waals surface area contributed by atoms with E-state index in [1.54, 1.807) is 11.8 Å². The van der Waals surface area contributed by atoms with E-state index in [-0.39, 0.29) is 16.0 Å². The number of nitrogens with zero attached hydrogens (tertiary/aromatic N) is 2. The lowest BCUT2D eigenvalue weighted by Crippen LogP contribution is -2.38. The number of hydrogen-bond donors (Lipinski definition) is 0. The molecule has 2 rings (SSSR count). The van der Waals surface area contributed by atoms with Crippen LogP contribution in [0.5, 0.6) is 0 Å². The minimum atomic E-state index is -3.85. The monoisotopic (exact) mass is 334 g/mol. The van der Waals surface area contributed by atoms with Crippen molar-refractivity contribution >= 4 is 27.5 Å². The number of halogens is 1. The minimum absolute atomic E-state index is 0.143. The molecule has 0 N–H and O–H groups in total. The minimum Gasteiger partial charge on any atom is -0.258 e. The maximum atomic E-state index is 13.7. The second-order valence-corrected chi connectivity index (χ2v) is 7.85. The Morgan fingerprint density at radius 3 is 2.43 bits per heavy atom. The van der Waals surface area contributed by atoms with Crippen LogP contribution < -0.4 is 0 Å². The Labute approximate surface area is 126 Å². The molecule has 6 nitrogen and oxygen atoms in total. The number of sulfonamides is 1. The molecule has 1 saturated heterocycles. The maximum absolute atomic E-state index is 13.7. The van der Waals surface area contributed by atoms with Gasteiger partial charge in [0.2, 0.25) is 15.8 Å². The van der Waals surface area contributed by atoms with Crippen molar-refractivity contribution in [2.75, 3.05) is 24.6 Å². The van der Waals surface area contributed by atoms with Crippen LogP contribution in [-0.4, -0.2) is 42.2 Å². The largest absolute Gasteiger partial charge is 0.309 e. The second kappa shape index (κ2) is 5.90. The van der Waals surface area contributed by atoms with Gasteiger partial charge >= 0.3 is 5.69 Å². The van der Waals surface area contributed by atoms with Crippen LogP contribution in [-0.2, 0) is 10.0 Å². The Kier molecular flexibility index (Phi) is 4.54. The summed E-state index contributed by atoms with van der Waals surface area (Å²) in [6.45, 7) is 3.44. The molecule has 0 saturated carbocycles. The first-order chi connectivity index (χ1) is 9.76. The maximum Gasteiger partial charge on any atom is 0.309 e. The third kappa shape index (κ3) is 2.90. The number of hydrogen-bond acceptors (Lipinski definition) is 5. The lowest BCUT2D eigenvalue weighted by Gasteiger charge is -2.27. The fourth-order valence-electron chi connectivity index (χ4n) is 2.44. The van der Waals surface area contributed by atoms with E-state index in [1.165, 1.54) is 18.2 Å². The number of aryl methyl sites for hydroxylation is 1. The number of thioether (sulfide) groups is 1. The third-order valence-corrected chi connectivity index (χ3v) is 6.51. The van der Waals surface area contributed by atoms with E-state index in [2.05, 4.69) is 0 Å². The quantitative estimate of drug-likeness (QED) is 0.624. The van der Waals surface area contributed by atoms with Gasteiger partial charge in [0.25, 0.3) is 0 Å². The van der Waals surface area contributed by atoms with Gasteiger partial charge in [-0.1, -0.05) is 0 Å². The van der Waals surface area contributed by atoms with E-state index in [0.29, 0.717) is 24.6 Å². The van der Waals surface area contributed by atoms with Gasteiger partial charge < -0.3 is 0 Å². The van der Waals surface area contributed by atoms with Gasteiger partial charge in [0.15, 0.2) is 0 Å². The zero-order valence-electron chi connectivity index (χ0n) is 11.6. The molecule has 0 unspecified atom stereocenters. The van der Waals surface area contributed by atoms with E-state index in [4.69, 9.17) is 0 Å². The average Bonchev–Trinajstić information content (AvgIpc) is 2.38. The molecule has 1 aliphatic rings. The van der Waals surface area contributed by atoms with E-state index in [9.17, 15) is 22.9 Å². The second-order valence-electron chi connectivity index (χ2n) is 4.75. The first-order valence-electron chi connectivity index (χ1n) is 6.28.